The van der Waals surface area contributed by atoms with Gasteiger partial charge in [-0.2, -0.15) is 5.10 Å². The van der Waals surface area contributed by atoms with Crippen LogP contribution in [-0.2, 0) is 11.4 Å². The van der Waals surface area contributed by atoms with Crippen molar-refractivity contribution in [3.8, 4) is 11.5 Å². The van der Waals surface area contributed by atoms with E-state index in [0.717, 1.165) is 20.1 Å². The molecule has 8 nitrogen and oxygen atoms in total. The van der Waals surface area contributed by atoms with Crippen molar-refractivity contribution in [2.24, 2.45) is 5.10 Å². The molecule has 1 amide bonds. The van der Waals surface area contributed by atoms with Crippen LogP contribution in [0.15, 0.2) is 54.8 Å². The van der Waals surface area contributed by atoms with Gasteiger partial charge in [0.2, 0.25) is 5.13 Å². The Morgan fingerprint density at radius 1 is 1.28 bits per heavy atom. The first-order valence-corrected chi connectivity index (χ1v) is 12.7. The van der Waals surface area contributed by atoms with E-state index in [4.69, 9.17) is 15.2 Å². The summed E-state index contributed by atoms with van der Waals surface area (Å²) in [4.78, 5) is 12.0. The second-order valence-corrected chi connectivity index (χ2v) is 10.2. The van der Waals surface area contributed by atoms with Crippen molar-refractivity contribution < 1.29 is 14.3 Å². The van der Waals surface area contributed by atoms with Crippen LogP contribution in [0.5, 0.6) is 11.5 Å². The van der Waals surface area contributed by atoms with E-state index in [9.17, 15) is 4.79 Å². The lowest BCUT2D eigenvalue weighted by Gasteiger charge is -2.15. The summed E-state index contributed by atoms with van der Waals surface area (Å²) < 4.78 is 14.1. The average molecular weight is 601 g/mol. The van der Waals surface area contributed by atoms with Crippen molar-refractivity contribution in [3.63, 3.8) is 0 Å². The minimum Gasteiger partial charge on any atom is -0.490 e. The van der Waals surface area contributed by atoms with Crippen molar-refractivity contribution >= 4 is 72.2 Å². The first kappa shape index (κ1) is 24.5. The Balaban J connectivity index is 1.61. The number of rotatable bonds is 10. The minimum absolute atomic E-state index is 0.155. The van der Waals surface area contributed by atoms with Crippen molar-refractivity contribution in [2.45, 2.75) is 17.9 Å². The molecule has 0 aliphatic heterocycles. The SMILES string of the molecule is CCOc1cc(C=NNC(=O)CSc2nnc(N)s2)cc(Br)c1OCc1cccc(Br)c1. The molecule has 3 aromatic rings. The highest BCUT2D eigenvalue weighted by Crippen LogP contribution is 2.37. The number of hydrazone groups is 1. The quantitative estimate of drug-likeness (QED) is 0.194. The van der Waals surface area contributed by atoms with Crippen molar-refractivity contribution in [3.05, 3.63) is 56.5 Å². The second kappa shape index (κ2) is 12.2. The zero-order valence-electron chi connectivity index (χ0n) is 16.9. The van der Waals surface area contributed by atoms with Gasteiger partial charge >= 0.3 is 0 Å². The third kappa shape index (κ3) is 7.47. The summed E-state index contributed by atoms with van der Waals surface area (Å²) in [5, 5.41) is 11.9. The van der Waals surface area contributed by atoms with E-state index in [1.54, 1.807) is 6.07 Å². The summed E-state index contributed by atoms with van der Waals surface area (Å²) in [6, 6.07) is 11.5. The van der Waals surface area contributed by atoms with Gasteiger partial charge in [0.05, 0.1) is 23.0 Å². The summed E-state index contributed by atoms with van der Waals surface area (Å²) in [5.41, 5.74) is 9.77. The number of hydrogen-bond acceptors (Lipinski definition) is 9. The van der Waals surface area contributed by atoms with E-state index in [-0.39, 0.29) is 11.7 Å². The number of thioether (sulfide) groups is 1. The molecule has 0 fully saturated rings. The molecule has 0 saturated heterocycles. The lowest BCUT2D eigenvalue weighted by atomic mass is 10.2. The molecule has 0 aliphatic rings. The van der Waals surface area contributed by atoms with Crippen LogP contribution < -0.4 is 20.6 Å². The topological polar surface area (TPSA) is 112 Å². The highest BCUT2D eigenvalue weighted by Gasteiger charge is 2.13. The van der Waals surface area contributed by atoms with Gasteiger partial charge in [0.25, 0.3) is 5.91 Å². The van der Waals surface area contributed by atoms with E-state index < -0.39 is 0 Å². The summed E-state index contributed by atoms with van der Waals surface area (Å²) in [7, 11) is 0. The van der Waals surface area contributed by atoms with Crippen LogP contribution in [0.1, 0.15) is 18.1 Å². The molecular formula is C20H19Br2N5O3S2. The number of hydrogen-bond donors (Lipinski definition) is 2. The summed E-state index contributed by atoms with van der Waals surface area (Å²) in [5.74, 6) is 1.07. The zero-order valence-corrected chi connectivity index (χ0v) is 21.7. The summed E-state index contributed by atoms with van der Waals surface area (Å²) in [6.45, 7) is 2.76. The number of ether oxygens (including phenoxy) is 2. The van der Waals surface area contributed by atoms with Crippen LogP contribution in [0.4, 0.5) is 5.13 Å². The molecule has 3 N–H and O–H groups in total. The highest BCUT2D eigenvalue weighted by molar-refractivity contribution is 9.10. The number of carbonyl (C=O) groups excluding carboxylic acids is 1. The Kier molecular flexibility index (Phi) is 9.33. The smallest absolute Gasteiger partial charge is 0.250 e. The Morgan fingerprint density at radius 2 is 2.12 bits per heavy atom. The van der Waals surface area contributed by atoms with Crippen LogP contribution in [0.3, 0.4) is 0 Å². The fourth-order valence-corrected chi connectivity index (χ4v) is 4.91. The van der Waals surface area contributed by atoms with Crippen molar-refractivity contribution in [2.75, 3.05) is 18.1 Å². The fraction of sp³-hybridized carbons (Fsp3) is 0.200. The molecule has 0 bridgehead atoms. The van der Waals surface area contributed by atoms with Gasteiger partial charge in [-0.15, -0.1) is 10.2 Å². The maximum Gasteiger partial charge on any atom is 0.250 e. The molecule has 0 spiro atoms. The molecule has 12 heteroatoms. The van der Waals surface area contributed by atoms with Gasteiger partial charge in [0.15, 0.2) is 15.8 Å². The largest absolute Gasteiger partial charge is 0.490 e. The number of carbonyl (C=O) groups is 1. The number of nitrogens with zero attached hydrogens (tertiary/aromatic N) is 3. The van der Waals surface area contributed by atoms with E-state index in [1.807, 2.05) is 37.3 Å². The van der Waals surface area contributed by atoms with Gasteiger partial charge in [0.1, 0.15) is 6.61 Å². The number of anilines is 1. The average Bonchev–Trinajstić information content (AvgIpc) is 3.17. The van der Waals surface area contributed by atoms with Crippen LogP contribution in [0.25, 0.3) is 0 Å². The van der Waals surface area contributed by atoms with Crippen LogP contribution in [0.2, 0.25) is 0 Å². The molecular weight excluding hydrogens is 582 g/mol. The van der Waals surface area contributed by atoms with E-state index >= 15 is 0 Å². The molecule has 0 atom stereocenters. The second-order valence-electron chi connectivity index (χ2n) is 6.17. The van der Waals surface area contributed by atoms with Gasteiger partial charge in [-0.1, -0.05) is 51.2 Å². The van der Waals surface area contributed by atoms with Gasteiger partial charge in [-0.05, 0) is 58.2 Å². The van der Waals surface area contributed by atoms with Gasteiger partial charge in [0, 0.05) is 4.47 Å². The molecule has 1 heterocycles. The van der Waals surface area contributed by atoms with E-state index in [2.05, 4.69) is 52.6 Å². The van der Waals surface area contributed by atoms with E-state index in [0.29, 0.717) is 34.2 Å². The van der Waals surface area contributed by atoms with Crippen molar-refractivity contribution in [1.29, 1.82) is 0 Å². The normalized spacial score (nSPS) is 11.0. The molecule has 0 radical (unpaired) electrons. The van der Waals surface area contributed by atoms with Gasteiger partial charge < -0.3 is 15.2 Å². The highest BCUT2D eigenvalue weighted by atomic mass is 79.9. The third-order valence-electron chi connectivity index (χ3n) is 3.76. The standard InChI is InChI=1S/C20H19Br2N5O3S2/c1-2-29-16-8-13(9-24-25-17(28)11-31-20-27-26-19(23)32-20)7-15(22)18(16)30-10-12-4-3-5-14(21)6-12/h3-9H,2,10-11H2,1H3,(H2,23,26)(H,25,28). The Labute approximate surface area is 210 Å². The molecule has 0 saturated carbocycles. The molecule has 0 aliphatic carbocycles. The number of halogens is 2. The first-order chi connectivity index (χ1) is 15.4. The first-order valence-electron chi connectivity index (χ1n) is 9.32. The number of benzene rings is 2. The van der Waals surface area contributed by atoms with Gasteiger partial charge in [-0.25, -0.2) is 5.43 Å². The maximum atomic E-state index is 12.0. The number of amides is 1. The Morgan fingerprint density at radius 3 is 2.84 bits per heavy atom. The number of nitrogen functional groups attached to an aromatic ring is 1. The maximum absolute atomic E-state index is 12.0. The van der Waals surface area contributed by atoms with E-state index in [1.165, 1.54) is 29.3 Å². The lowest BCUT2D eigenvalue weighted by Crippen LogP contribution is -2.19. The monoisotopic (exact) mass is 599 g/mol. The summed E-state index contributed by atoms with van der Waals surface area (Å²) >= 11 is 9.48. The van der Waals surface area contributed by atoms with Crippen LogP contribution in [-0.4, -0.2) is 34.7 Å². The molecule has 2 aromatic carbocycles. The Hall–Kier alpha value is -2.15. The molecule has 168 valence electrons. The molecule has 32 heavy (non-hydrogen) atoms. The molecule has 1 aromatic heterocycles. The van der Waals surface area contributed by atoms with Gasteiger partial charge in [-0.3, -0.25) is 4.79 Å². The lowest BCUT2D eigenvalue weighted by molar-refractivity contribution is -0.118. The molecule has 3 rings (SSSR count). The van der Waals surface area contributed by atoms with Crippen LogP contribution >= 0.6 is 55.0 Å². The zero-order chi connectivity index (χ0) is 22.9. The fourth-order valence-electron chi connectivity index (χ4n) is 2.46. The number of nitrogens with two attached hydrogens (primary N) is 1. The predicted octanol–water partition coefficient (Wildman–Crippen LogP) is 4.87. The predicted molar refractivity (Wildman–Crippen MR) is 135 cm³/mol. The number of nitrogens with one attached hydrogen (secondary N) is 1. The summed E-state index contributed by atoms with van der Waals surface area (Å²) in [6.07, 6.45) is 1.54. The van der Waals surface area contributed by atoms with Crippen molar-refractivity contribution in [1.82, 2.24) is 15.6 Å². The third-order valence-corrected chi connectivity index (χ3v) is 6.72. The minimum atomic E-state index is -0.266. The van der Waals surface area contributed by atoms with Crippen LogP contribution in [0, 0.1) is 0 Å². The number of aromatic nitrogens is 2. The molecule has 0 unspecified atom stereocenters. The Bertz CT molecular complexity index is 1110.